The van der Waals surface area contributed by atoms with Crippen molar-refractivity contribution in [3.63, 3.8) is 0 Å². The topological polar surface area (TPSA) is 98.9 Å². The number of esters is 2. The van der Waals surface area contributed by atoms with Crippen LogP contribution in [0.5, 0.6) is 0 Å². The van der Waals surface area contributed by atoms with Gasteiger partial charge in [-0.1, -0.05) is 30.3 Å². The Morgan fingerprint density at radius 2 is 1.83 bits per heavy atom. The second kappa shape index (κ2) is 7.47. The van der Waals surface area contributed by atoms with Crippen molar-refractivity contribution < 1.29 is 33.0 Å². The molecule has 0 aliphatic rings. The van der Waals surface area contributed by atoms with Crippen molar-refractivity contribution in [2.24, 2.45) is 11.7 Å². The van der Waals surface area contributed by atoms with E-state index in [1.807, 2.05) is 0 Å². The Kier molecular flexibility index (Phi) is 6.17. The molecule has 0 spiro atoms. The lowest BCUT2D eigenvalue weighted by Gasteiger charge is -2.33. The molecule has 6 nitrogen and oxygen atoms in total. The zero-order chi connectivity index (χ0) is 17.7. The SMILES string of the molecule is CCOC(=O)C(F)(F)C(N)(O)C(C)C(=O)OCc1ccccc1. The van der Waals surface area contributed by atoms with Crippen LogP contribution in [0.1, 0.15) is 19.4 Å². The molecule has 0 radical (unpaired) electrons. The standard InChI is InChI=1S/C15H19F2NO5/c1-3-22-13(20)14(16,17)15(18,21)10(2)12(19)23-9-11-7-5-4-6-8-11/h4-8,10,21H,3,9,18H2,1-2H3. The summed E-state index contributed by atoms with van der Waals surface area (Å²) in [6, 6.07) is 8.51. The molecule has 0 amide bonds. The van der Waals surface area contributed by atoms with Gasteiger partial charge in [0.1, 0.15) is 12.5 Å². The predicted molar refractivity (Wildman–Crippen MR) is 76.1 cm³/mol. The lowest BCUT2D eigenvalue weighted by Crippen LogP contribution is -2.65. The van der Waals surface area contributed by atoms with Gasteiger partial charge in [-0.3, -0.25) is 10.5 Å². The van der Waals surface area contributed by atoms with Crippen LogP contribution in [0.4, 0.5) is 8.78 Å². The Balaban J connectivity index is 2.78. The summed E-state index contributed by atoms with van der Waals surface area (Å²) in [6.45, 7) is 1.77. The van der Waals surface area contributed by atoms with E-state index in [1.165, 1.54) is 6.92 Å². The van der Waals surface area contributed by atoms with Gasteiger partial charge >= 0.3 is 17.9 Å². The van der Waals surface area contributed by atoms with Gasteiger partial charge in [0.05, 0.1) is 6.61 Å². The van der Waals surface area contributed by atoms with Gasteiger partial charge in [-0.05, 0) is 19.4 Å². The van der Waals surface area contributed by atoms with Crippen LogP contribution in [0.15, 0.2) is 30.3 Å². The fraction of sp³-hybridized carbons (Fsp3) is 0.467. The van der Waals surface area contributed by atoms with Gasteiger partial charge in [-0.25, -0.2) is 4.79 Å². The number of halogens is 2. The summed E-state index contributed by atoms with van der Waals surface area (Å²) in [5.41, 5.74) is 2.34. The predicted octanol–water partition coefficient (Wildman–Crippen LogP) is 1.21. The molecule has 0 fully saturated rings. The number of alkyl halides is 2. The number of hydrogen-bond acceptors (Lipinski definition) is 6. The lowest BCUT2D eigenvalue weighted by atomic mass is 9.92. The minimum atomic E-state index is -4.46. The van der Waals surface area contributed by atoms with Crippen LogP contribution in [0.25, 0.3) is 0 Å². The lowest BCUT2D eigenvalue weighted by molar-refractivity contribution is -0.227. The van der Waals surface area contributed by atoms with Crippen molar-refractivity contribution in [2.45, 2.75) is 32.1 Å². The minimum Gasteiger partial charge on any atom is -0.461 e. The number of aliphatic hydroxyl groups is 1. The van der Waals surface area contributed by atoms with Gasteiger partial charge < -0.3 is 14.6 Å². The van der Waals surface area contributed by atoms with Crippen LogP contribution in [0.3, 0.4) is 0 Å². The molecule has 0 heterocycles. The molecule has 8 heteroatoms. The highest BCUT2D eigenvalue weighted by Gasteiger charge is 2.62. The molecule has 0 saturated heterocycles. The normalized spacial score (nSPS) is 15.4. The first-order chi connectivity index (χ1) is 10.6. The summed E-state index contributed by atoms with van der Waals surface area (Å²) in [4.78, 5) is 23.1. The molecular weight excluding hydrogens is 312 g/mol. The van der Waals surface area contributed by atoms with Crippen molar-refractivity contribution in [1.29, 1.82) is 0 Å². The van der Waals surface area contributed by atoms with E-state index in [9.17, 15) is 23.5 Å². The van der Waals surface area contributed by atoms with E-state index in [-0.39, 0.29) is 13.2 Å². The Labute approximate surface area is 132 Å². The third-order valence-electron chi connectivity index (χ3n) is 3.27. The Bertz CT molecular complexity index is 548. The van der Waals surface area contributed by atoms with E-state index in [2.05, 4.69) is 4.74 Å². The second-order valence-electron chi connectivity index (χ2n) is 4.94. The molecule has 2 unspecified atom stereocenters. The van der Waals surface area contributed by atoms with E-state index < -0.39 is 29.5 Å². The number of hydrogen-bond donors (Lipinski definition) is 2. The van der Waals surface area contributed by atoms with Gasteiger partial charge in [-0.2, -0.15) is 8.78 Å². The number of benzene rings is 1. The summed E-state index contributed by atoms with van der Waals surface area (Å²) in [6.07, 6.45) is 0. The Morgan fingerprint density at radius 3 is 2.35 bits per heavy atom. The van der Waals surface area contributed by atoms with Crippen molar-refractivity contribution in [3.05, 3.63) is 35.9 Å². The molecule has 0 aromatic heterocycles. The molecule has 0 saturated carbocycles. The maximum absolute atomic E-state index is 13.9. The van der Waals surface area contributed by atoms with Crippen LogP contribution < -0.4 is 5.73 Å². The molecule has 1 aromatic rings. The molecule has 0 aliphatic heterocycles. The maximum atomic E-state index is 13.9. The van der Waals surface area contributed by atoms with Crippen molar-refractivity contribution in [3.8, 4) is 0 Å². The van der Waals surface area contributed by atoms with Crippen LogP contribution in [-0.4, -0.2) is 35.3 Å². The summed E-state index contributed by atoms with van der Waals surface area (Å²) in [7, 11) is 0. The molecule has 0 bridgehead atoms. The average molecular weight is 331 g/mol. The first-order valence-corrected chi connectivity index (χ1v) is 6.91. The smallest absolute Gasteiger partial charge is 0.384 e. The molecule has 3 N–H and O–H groups in total. The van der Waals surface area contributed by atoms with E-state index in [0.717, 1.165) is 6.92 Å². The second-order valence-corrected chi connectivity index (χ2v) is 4.94. The number of ether oxygens (including phenoxy) is 2. The van der Waals surface area contributed by atoms with Crippen molar-refractivity contribution >= 4 is 11.9 Å². The fourth-order valence-electron chi connectivity index (χ4n) is 1.69. The zero-order valence-electron chi connectivity index (χ0n) is 12.8. The van der Waals surface area contributed by atoms with Crippen LogP contribution in [0, 0.1) is 5.92 Å². The summed E-state index contributed by atoms with van der Waals surface area (Å²) in [5, 5.41) is 9.80. The van der Waals surface area contributed by atoms with E-state index in [0.29, 0.717) is 5.56 Å². The van der Waals surface area contributed by atoms with Crippen LogP contribution in [0.2, 0.25) is 0 Å². The molecular formula is C15H19F2NO5. The largest absolute Gasteiger partial charge is 0.461 e. The average Bonchev–Trinajstić information content (AvgIpc) is 2.52. The summed E-state index contributed by atoms with van der Waals surface area (Å²) in [5.74, 6) is -9.49. The highest BCUT2D eigenvalue weighted by Crippen LogP contribution is 2.33. The molecule has 2 atom stereocenters. The Morgan fingerprint density at radius 1 is 1.26 bits per heavy atom. The van der Waals surface area contributed by atoms with E-state index in [4.69, 9.17) is 10.5 Å². The minimum absolute atomic E-state index is 0.176. The number of carbonyl (C=O) groups is 2. The van der Waals surface area contributed by atoms with E-state index in [1.54, 1.807) is 30.3 Å². The maximum Gasteiger partial charge on any atom is 0.384 e. The first-order valence-electron chi connectivity index (χ1n) is 6.91. The van der Waals surface area contributed by atoms with Gasteiger partial charge in [-0.15, -0.1) is 0 Å². The zero-order valence-corrected chi connectivity index (χ0v) is 12.8. The van der Waals surface area contributed by atoms with Crippen LogP contribution >= 0.6 is 0 Å². The number of rotatable bonds is 7. The van der Waals surface area contributed by atoms with Crippen molar-refractivity contribution in [2.75, 3.05) is 6.61 Å². The highest BCUT2D eigenvalue weighted by atomic mass is 19.3. The molecule has 1 aromatic carbocycles. The van der Waals surface area contributed by atoms with Gasteiger partial charge in [0, 0.05) is 0 Å². The summed E-state index contributed by atoms with van der Waals surface area (Å²) >= 11 is 0. The third kappa shape index (κ3) is 4.23. The quantitative estimate of drug-likeness (QED) is 0.576. The van der Waals surface area contributed by atoms with Gasteiger partial charge in [0.2, 0.25) is 5.72 Å². The number of carbonyl (C=O) groups excluding carboxylic acids is 2. The monoisotopic (exact) mass is 331 g/mol. The van der Waals surface area contributed by atoms with Gasteiger partial charge in [0.15, 0.2) is 0 Å². The van der Waals surface area contributed by atoms with Crippen LogP contribution in [-0.2, 0) is 25.7 Å². The highest BCUT2D eigenvalue weighted by molar-refractivity contribution is 5.82. The fourth-order valence-corrected chi connectivity index (χ4v) is 1.69. The molecule has 1 rings (SSSR count). The summed E-state index contributed by atoms with van der Waals surface area (Å²) < 4.78 is 36.8. The Hall–Kier alpha value is -2.06. The molecule has 128 valence electrons. The van der Waals surface area contributed by atoms with Crippen molar-refractivity contribution in [1.82, 2.24) is 0 Å². The van der Waals surface area contributed by atoms with Gasteiger partial charge in [0.25, 0.3) is 0 Å². The third-order valence-corrected chi connectivity index (χ3v) is 3.27. The molecule has 23 heavy (non-hydrogen) atoms. The van der Waals surface area contributed by atoms with E-state index >= 15 is 0 Å². The first kappa shape index (κ1) is 19.0. The number of nitrogens with two attached hydrogens (primary N) is 1. The molecule has 0 aliphatic carbocycles.